The van der Waals surface area contributed by atoms with Gasteiger partial charge in [-0.05, 0) is 26.0 Å². The number of aromatic nitrogens is 4. The molecule has 0 fully saturated rings. The van der Waals surface area contributed by atoms with E-state index in [2.05, 4.69) is 15.0 Å². The predicted molar refractivity (Wildman–Crippen MR) is 72.2 cm³/mol. The van der Waals surface area contributed by atoms with Crippen molar-refractivity contribution in [1.29, 1.82) is 0 Å². The van der Waals surface area contributed by atoms with Gasteiger partial charge in [-0.25, -0.2) is 15.0 Å². The van der Waals surface area contributed by atoms with Crippen molar-refractivity contribution in [3.8, 4) is 0 Å². The number of rotatable bonds is 3. The van der Waals surface area contributed by atoms with Gasteiger partial charge in [0, 0.05) is 6.20 Å². The summed E-state index contributed by atoms with van der Waals surface area (Å²) in [6.45, 7) is 4.32. The highest BCUT2D eigenvalue weighted by molar-refractivity contribution is 6.16. The van der Waals surface area contributed by atoms with E-state index in [0.717, 1.165) is 28.4 Å². The maximum absolute atomic E-state index is 5.94. The predicted octanol–water partition coefficient (Wildman–Crippen LogP) is 2.82. The van der Waals surface area contributed by atoms with Crippen molar-refractivity contribution in [1.82, 2.24) is 19.5 Å². The smallest absolute Gasteiger partial charge is 0.214 e. The van der Waals surface area contributed by atoms with Crippen LogP contribution in [0, 0.1) is 13.8 Å². The quantitative estimate of drug-likeness (QED) is 0.690. The molecular formula is C13H13ClN4O. The highest BCUT2D eigenvalue weighted by atomic mass is 35.5. The number of hydrogen-bond acceptors (Lipinski definition) is 4. The lowest BCUT2D eigenvalue weighted by molar-refractivity contribution is 0.456. The van der Waals surface area contributed by atoms with E-state index in [1.807, 2.05) is 30.5 Å². The van der Waals surface area contributed by atoms with Crippen molar-refractivity contribution in [2.45, 2.75) is 26.3 Å². The number of fused-ring (bicyclic) bond motifs is 1. The van der Waals surface area contributed by atoms with Crippen molar-refractivity contribution >= 4 is 22.8 Å². The van der Waals surface area contributed by atoms with Gasteiger partial charge in [0.1, 0.15) is 23.6 Å². The molecule has 98 valence electrons. The minimum absolute atomic E-state index is 0.328. The van der Waals surface area contributed by atoms with E-state index in [-0.39, 0.29) is 0 Å². The lowest BCUT2D eigenvalue weighted by Gasteiger charge is -2.03. The zero-order valence-electron chi connectivity index (χ0n) is 10.7. The summed E-state index contributed by atoms with van der Waals surface area (Å²) in [6.07, 6.45) is 1.74. The minimum atomic E-state index is 0.328. The Morgan fingerprint density at radius 1 is 1.32 bits per heavy atom. The number of halogens is 1. The summed E-state index contributed by atoms with van der Waals surface area (Å²) >= 11 is 5.94. The van der Waals surface area contributed by atoms with Crippen LogP contribution in [0.2, 0.25) is 0 Å². The van der Waals surface area contributed by atoms with Crippen molar-refractivity contribution in [2.75, 3.05) is 0 Å². The van der Waals surface area contributed by atoms with Gasteiger partial charge in [0.25, 0.3) is 0 Å². The Hall–Kier alpha value is -1.88. The lowest BCUT2D eigenvalue weighted by Crippen LogP contribution is -2.05. The first-order valence-corrected chi connectivity index (χ1v) is 6.51. The average molecular weight is 277 g/mol. The van der Waals surface area contributed by atoms with Gasteiger partial charge in [-0.3, -0.25) is 0 Å². The third kappa shape index (κ3) is 2.10. The molecule has 19 heavy (non-hydrogen) atoms. The molecule has 0 saturated heterocycles. The molecule has 0 radical (unpaired) electrons. The molecular weight excluding hydrogens is 264 g/mol. The molecule has 3 heterocycles. The Balaban J connectivity index is 2.08. The summed E-state index contributed by atoms with van der Waals surface area (Å²) in [5.74, 6) is 2.57. The molecule has 0 aliphatic carbocycles. The summed E-state index contributed by atoms with van der Waals surface area (Å²) in [5, 5.41) is 0. The van der Waals surface area contributed by atoms with Crippen LogP contribution in [0.15, 0.2) is 22.7 Å². The van der Waals surface area contributed by atoms with Crippen molar-refractivity contribution < 1.29 is 4.42 Å². The standard InChI is InChI=1S/C13H13ClN4O/c1-8-9(2)19-12(16-8)7-18-11(6-14)17-10-4-3-5-15-13(10)18/h3-5H,6-7H2,1-2H3. The molecule has 3 aromatic heterocycles. The molecule has 0 aliphatic heterocycles. The van der Waals surface area contributed by atoms with Gasteiger partial charge in [0.05, 0.1) is 11.6 Å². The van der Waals surface area contributed by atoms with E-state index in [1.54, 1.807) is 6.20 Å². The summed E-state index contributed by atoms with van der Waals surface area (Å²) < 4.78 is 7.54. The first kappa shape index (κ1) is 12.2. The summed E-state index contributed by atoms with van der Waals surface area (Å²) in [7, 11) is 0. The van der Waals surface area contributed by atoms with Crippen LogP contribution < -0.4 is 0 Å². The number of imidazole rings is 1. The molecule has 0 atom stereocenters. The fraction of sp³-hybridized carbons (Fsp3) is 0.308. The second kappa shape index (κ2) is 4.66. The topological polar surface area (TPSA) is 56.7 Å². The third-order valence-corrected chi connectivity index (χ3v) is 3.31. The molecule has 0 amide bonds. The van der Waals surface area contributed by atoms with Crippen LogP contribution in [-0.4, -0.2) is 19.5 Å². The first-order valence-electron chi connectivity index (χ1n) is 5.98. The van der Waals surface area contributed by atoms with Crippen LogP contribution in [0.25, 0.3) is 11.2 Å². The van der Waals surface area contributed by atoms with Crippen molar-refractivity contribution in [3.63, 3.8) is 0 Å². The number of hydrogen-bond donors (Lipinski definition) is 0. The van der Waals surface area contributed by atoms with E-state index in [1.165, 1.54) is 0 Å². The minimum Gasteiger partial charge on any atom is -0.444 e. The number of oxazole rings is 1. The Morgan fingerprint density at radius 3 is 2.84 bits per heavy atom. The van der Waals surface area contributed by atoms with Gasteiger partial charge in [0.15, 0.2) is 5.65 Å². The highest BCUT2D eigenvalue weighted by Crippen LogP contribution is 2.18. The fourth-order valence-corrected chi connectivity index (χ4v) is 2.22. The maximum atomic E-state index is 5.94. The van der Waals surface area contributed by atoms with Gasteiger partial charge in [0.2, 0.25) is 5.89 Å². The molecule has 0 aromatic carbocycles. The molecule has 0 unspecified atom stereocenters. The highest BCUT2D eigenvalue weighted by Gasteiger charge is 2.14. The largest absolute Gasteiger partial charge is 0.444 e. The number of alkyl halides is 1. The Morgan fingerprint density at radius 2 is 2.16 bits per heavy atom. The molecule has 0 saturated carbocycles. The van der Waals surface area contributed by atoms with E-state index in [9.17, 15) is 0 Å². The van der Waals surface area contributed by atoms with Crippen LogP contribution in [0.5, 0.6) is 0 Å². The molecule has 0 aliphatic rings. The van der Waals surface area contributed by atoms with Gasteiger partial charge < -0.3 is 8.98 Å². The van der Waals surface area contributed by atoms with Crippen LogP contribution in [-0.2, 0) is 12.4 Å². The van der Waals surface area contributed by atoms with Crippen molar-refractivity contribution in [2.24, 2.45) is 0 Å². The molecule has 0 bridgehead atoms. The zero-order valence-corrected chi connectivity index (χ0v) is 11.5. The fourth-order valence-electron chi connectivity index (χ4n) is 2.02. The van der Waals surface area contributed by atoms with Crippen LogP contribution >= 0.6 is 11.6 Å². The maximum Gasteiger partial charge on any atom is 0.214 e. The second-order valence-electron chi connectivity index (χ2n) is 4.34. The summed E-state index contributed by atoms with van der Waals surface area (Å²) in [5.41, 5.74) is 2.53. The monoisotopic (exact) mass is 276 g/mol. The van der Waals surface area contributed by atoms with E-state index < -0.39 is 0 Å². The SMILES string of the molecule is Cc1nc(Cn2c(CCl)nc3cccnc32)oc1C. The summed E-state index contributed by atoms with van der Waals surface area (Å²) in [4.78, 5) is 13.2. The third-order valence-electron chi connectivity index (χ3n) is 3.07. The Bertz CT molecular complexity index is 712. The zero-order chi connectivity index (χ0) is 13.4. The molecule has 6 heteroatoms. The van der Waals surface area contributed by atoms with Crippen LogP contribution in [0.1, 0.15) is 23.2 Å². The summed E-state index contributed by atoms with van der Waals surface area (Å²) in [6, 6.07) is 3.78. The van der Waals surface area contributed by atoms with Gasteiger partial charge in [-0.2, -0.15) is 0 Å². The number of nitrogens with zero attached hydrogens (tertiary/aromatic N) is 4. The first-order chi connectivity index (χ1) is 9.19. The molecule has 5 nitrogen and oxygen atoms in total. The van der Waals surface area contributed by atoms with Crippen LogP contribution in [0.4, 0.5) is 0 Å². The number of aryl methyl sites for hydroxylation is 2. The molecule has 3 aromatic rings. The normalized spacial score (nSPS) is 11.3. The Labute approximate surface area is 115 Å². The Kier molecular flexibility index (Phi) is 2.98. The van der Waals surface area contributed by atoms with E-state index in [0.29, 0.717) is 18.3 Å². The van der Waals surface area contributed by atoms with Crippen LogP contribution in [0.3, 0.4) is 0 Å². The average Bonchev–Trinajstić information content (AvgIpc) is 2.92. The molecule has 0 N–H and O–H groups in total. The van der Waals surface area contributed by atoms with Crippen molar-refractivity contribution in [3.05, 3.63) is 41.5 Å². The second-order valence-corrected chi connectivity index (χ2v) is 4.61. The molecule has 3 rings (SSSR count). The van der Waals surface area contributed by atoms with Gasteiger partial charge in [-0.1, -0.05) is 0 Å². The number of pyridine rings is 1. The van der Waals surface area contributed by atoms with Gasteiger partial charge in [-0.15, -0.1) is 11.6 Å². The lowest BCUT2D eigenvalue weighted by atomic mass is 10.4. The van der Waals surface area contributed by atoms with E-state index in [4.69, 9.17) is 16.0 Å². The van der Waals surface area contributed by atoms with E-state index >= 15 is 0 Å². The molecule has 0 spiro atoms. The van der Waals surface area contributed by atoms with Gasteiger partial charge >= 0.3 is 0 Å².